The Morgan fingerprint density at radius 2 is 1.62 bits per heavy atom. The van der Waals surface area contributed by atoms with E-state index in [0.29, 0.717) is 6.42 Å². The van der Waals surface area contributed by atoms with Gasteiger partial charge in [-0.15, -0.1) is 0 Å². The lowest BCUT2D eigenvalue weighted by molar-refractivity contribution is -0.139. The highest BCUT2D eigenvalue weighted by Gasteiger charge is 2.33. The van der Waals surface area contributed by atoms with Crippen LogP contribution in [0.5, 0.6) is 0 Å². The molecule has 0 bridgehead atoms. The molecule has 0 spiro atoms. The summed E-state index contributed by atoms with van der Waals surface area (Å²) in [5.41, 5.74) is 0.205. The number of amides is 2. The summed E-state index contributed by atoms with van der Waals surface area (Å²) in [6, 6.07) is 16.5. The Bertz CT molecular complexity index is 1420. The third-order valence-electron chi connectivity index (χ3n) is 6.26. The van der Waals surface area contributed by atoms with Crippen molar-refractivity contribution in [3.05, 3.63) is 94.2 Å². The van der Waals surface area contributed by atoms with Crippen LogP contribution < -0.4 is 9.62 Å². The zero-order chi connectivity index (χ0) is 28.7. The minimum Gasteiger partial charge on any atom is -0.352 e. The summed E-state index contributed by atoms with van der Waals surface area (Å²) in [5.74, 6) is -1.73. The number of sulfonamides is 1. The molecule has 2 amide bonds. The lowest BCUT2D eigenvalue weighted by Gasteiger charge is -2.32. The van der Waals surface area contributed by atoms with E-state index >= 15 is 0 Å². The largest absolute Gasteiger partial charge is 0.352 e. The van der Waals surface area contributed by atoms with Crippen molar-refractivity contribution >= 4 is 50.7 Å². The van der Waals surface area contributed by atoms with Gasteiger partial charge in [0.25, 0.3) is 10.0 Å². The standard InChI is InChI=1S/C28H30Cl2FN3O4S/c1-4-19(2)32-28(36)20(3)33(17-21-10-8-9-13-25(21)31)27(35)18-34(26-15-14-22(29)16-24(26)30)39(37,38)23-11-6-5-7-12-23/h5-16,19-20H,4,17-18H2,1-3H3,(H,32,36)/t19-,20-/m1/s1. The molecule has 0 aliphatic rings. The highest BCUT2D eigenvalue weighted by Crippen LogP contribution is 2.33. The zero-order valence-electron chi connectivity index (χ0n) is 21.8. The van der Waals surface area contributed by atoms with Gasteiger partial charge in [0.2, 0.25) is 11.8 Å². The van der Waals surface area contributed by atoms with Crippen LogP contribution in [-0.2, 0) is 26.2 Å². The molecule has 1 N–H and O–H groups in total. The Morgan fingerprint density at radius 1 is 0.974 bits per heavy atom. The smallest absolute Gasteiger partial charge is 0.264 e. The second-order valence-corrected chi connectivity index (χ2v) is 11.7. The predicted molar refractivity (Wildman–Crippen MR) is 152 cm³/mol. The number of nitrogens with one attached hydrogen (secondary N) is 1. The van der Waals surface area contributed by atoms with E-state index in [9.17, 15) is 22.4 Å². The highest BCUT2D eigenvalue weighted by molar-refractivity contribution is 7.92. The molecule has 3 aromatic rings. The molecule has 0 aliphatic heterocycles. The molecule has 0 saturated carbocycles. The van der Waals surface area contributed by atoms with Gasteiger partial charge in [-0.05, 0) is 56.7 Å². The molecule has 0 saturated heterocycles. The second-order valence-electron chi connectivity index (χ2n) is 9.03. The van der Waals surface area contributed by atoms with Gasteiger partial charge in [-0.2, -0.15) is 0 Å². The van der Waals surface area contributed by atoms with E-state index in [-0.39, 0.29) is 38.8 Å². The Balaban J connectivity index is 2.06. The summed E-state index contributed by atoms with van der Waals surface area (Å²) >= 11 is 12.4. The van der Waals surface area contributed by atoms with Crippen molar-refractivity contribution in [2.24, 2.45) is 0 Å². The first-order chi connectivity index (χ1) is 18.4. The summed E-state index contributed by atoms with van der Waals surface area (Å²) < 4.78 is 43.0. The maximum atomic E-state index is 14.6. The number of carbonyl (C=O) groups excluding carboxylic acids is 2. The van der Waals surface area contributed by atoms with E-state index in [2.05, 4.69) is 5.32 Å². The van der Waals surface area contributed by atoms with E-state index in [1.54, 1.807) is 24.3 Å². The molecule has 0 radical (unpaired) electrons. The number of hydrogen-bond acceptors (Lipinski definition) is 4. The zero-order valence-corrected chi connectivity index (χ0v) is 24.1. The van der Waals surface area contributed by atoms with Gasteiger partial charge in [-0.1, -0.05) is 66.5 Å². The first kappa shape index (κ1) is 30.4. The average Bonchev–Trinajstić information content (AvgIpc) is 2.91. The van der Waals surface area contributed by atoms with Crippen LogP contribution in [0.15, 0.2) is 77.7 Å². The van der Waals surface area contributed by atoms with Gasteiger partial charge in [-0.3, -0.25) is 13.9 Å². The van der Waals surface area contributed by atoms with Crippen molar-refractivity contribution in [1.82, 2.24) is 10.2 Å². The maximum Gasteiger partial charge on any atom is 0.264 e. The van der Waals surface area contributed by atoms with Crippen molar-refractivity contribution < 1.29 is 22.4 Å². The summed E-state index contributed by atoms with van der Waals surface area (Å²) in [6.07, 6.45) is 0.665. The van der Waals surface area contributed by atoms with E-state index in [4.69, 9.17) is 23.2 Å². The fraction of sp³-hybridized carbons (Fsp3) is 0.286. The predicted octanol–water partition coefficient (Wildman–Crippen LogP) is 5.66. The third kappa shape index (κ3) is 7.50. The Hall–Kier alpha value is -3.14. The molecular weight excluding hydrogens is 564 g/mol. The summed E-state index contributed by atoms with van der Waals surface area (Å²) in [5, 5.41) is 3.12. The first-order valence-electron chi connectivity index (χ1n) is 12.3. The first-order valence-corrected chi connectivity index (χ1v) is 14.5. The quantitative estimate of drug-likeness (QED) is 0.311. The SMILES string of the molecule is CC[C@@H](C)NC(=O)[C@@H](C)N(Cc1ccccc1F)C(=O)CN(c1ccc(Cl)cc1Cl)S(=O)(=O)c1ccccc1. The topological polar surface area (TPSA) is 86.8 Å². The van der Waals surface area contributed by atoms with Crippen LogP contribution >= 0.6 is 23.2 Å². The van der Waals surface area contributed by atoms with Crippen LogP contribution in [-0.4, -0.2) is 43.8 Å². The number of anilines is 1. The Kier molecular flexibility index (Phi) is 10.4. The van der Waals surface area contributed by atoms with Crippen LogP contribution in [0.25, 0.3) is 0 Å². The molecule has 0 aromatic heterocycles. The van der Waals surface area contributed by atoms with Gasteiger partial charge in [0.05, 0.1) is 15.6 Å². The van der Waals surface area contributed by atoms with Crippen molar-refractivity contribution in [2.45, 2.75) is 50.7 Å². The number of rotatable bonds is 11. The van der Waals surface area contributed by atoms with E-state index in [1.807, 2.05) is 13.8 Å². The molecule has 0 aliphatic carbocycles. The van der Waals surface area contributed by atoms with Crippen LogP contribution in [0, 0.1) is 5.82 Å². The summed E-state index contributed by atoms with van der Waals surface area (Å²) in [4.78, 5) is 28.0. The van der Waals surface area contributed by atoms with Crippen molar-refractivity contribution in [2.75, 3.05) is 10.8 Å². The van der Waals surface area contributed by atoms with Gasteiger partial charge in [0.1, 0.15) is 18.4 Å². The van der Waals surface area contributed by atoms with Crippen molar-refractivity contribution in [3.63, 3.8) is 0 Å². The lowest BCUT2D eigenvalue weighted by atomic mass is 10.1. The molecule has 208 valence electrons. The molecule has 0 heterocycles. The Labute approximate surface area is 238 Å². The molecule has 0 fully saturated rings. The Morgan fingerprint density at radius 3 is 2.23 bits per heavy atom. The molecule has 11 heteroatoms. The average molecular weight is 595 g/mol. The molecule has 3 aromatic carbocycles. The van der Waals surface area contributed by atoms with E-state index in [1.165, 1.54) is 55.5 Å². The molecular formula is C28H30Cl2FN3O4S. The van der Waals surface area contributed by atoms with Gasteiger partial charge < -0.3 is 10.2 Å². The number of carbonyl (C=O) groups is 2. The van der Waals surface area contributed by atoms with Gasteiger partial charge in [0.15, 0.2) is 0 Å². The van der Waals surface area contributed by atoms with Gasteiger partial charge in [-0.25, -0.2) is 12.8 Å². The van der Waals surface area contributed by atoms with Gasteiger partial charge >= 0.3 is 0 Å². The number of nitrogens with zero attached hydrogens (tertiary/aromatic N) is 2. The van der Waals surface area contributed by atoms with Crippen LogP contribution in [0.2, 0.25) is 10.0 Å². The fourth-order valence-corrected chi connectivity index (χ4v) is 5.79. The van der Waals surface area contributed by atoms with Crippen molar-refractivity contribution in [3.8, 4) is 0 Å². The molecule has 7 nitrogen and oxygen atoms in total. The molecule has 2 atom stereocenters. The van der Waals surface area contributed by atoms with Crippen molar-refractivity contribution in [1.29, 1.82) is 0 Å². The van der Waals surface area contributed by atoms with Crippen LogP contribution in [0.4, 0.5) is 10.1 Å². The second kappa shape index (κ2) is 13.3. The minimum absolute atomic E-state index is 0.0121. The molecule has 39 heavy (non-hydrogen) atoms. The number of benzene rings is 3. The van der Waals surface area contributed by atoms with E-state index < -0.39 is 40.2 Å². The number of halogens is 3. The molecule has 3 rings (SSSR count). The van der Waals surface area contributed by atoms with Crippen LogP contribution in [0.3, 0.4) is 0 Å². The number of hydrogen-bond donors (Lipinski definition) is 1. The normalized spacial score (nSPS) is 12.9. The summed E-state index contributed by atoms with van der Waals surface area (Å²) in [6.45, 7) is 4.29. The van der Waals surface area contributed by atoms with E-state index in [0.717, 1.165) is 9.21 Å². The van der Waals surface area contributed by atoms with Gasteiger partial charge in [0, 0.05) is 23.2 Å². The summed E-state index contributed by atoms with van der Waals surface area (Å²) in [7, 11) is -4.28. The van der Waals surface area contributed by atoms with Crippen LogP contribution in [0.1, 0.15) is 32.8 Å². The third-order valence-corrected chi connectivity index (χ3v) is 8.57. The fourth-order valence-electron chi connectivity index (χ4n) is 3.77. The minimum atomic E-state index is -4.28. The lowest BCUT2D eigenvalue weighted by Crippen LogP contribution is -2.52. The molecule has 0 unspecified atom stereocenters. The monoisotopic (exact) mass is 593 g/mol. The highest BCUT2D eigenvalue weighted by atomic mass is 35.5. The maximum absolute atomic E-state index is 14.6.